The van der Waals surface area contributed by atoms with Crippen LogP contribution in [-0.2, 0) is 0 Å². The highest BCUT2D eigenvalue weighted by atomic mass is 79.9. The van der Waals surface area contributed by atoms with Gasteiger partial charge < -0.3 is 10.3 Å². The number of aromatic nitrogens is 1. The van der Waals surface area contributed by atoms with Gasteiger partial charge in [0.2, 0.25) is 0 Å². The van der Waals surface area contributed by atoms with E-state index in [1.807, 2.05) is 4.90 Å². The van der Waals surface area contributed by atoms with Gasteiger partial charge in [0, 0.05) is 43.4 Å². The van der Waals surface area contributed by atoms with Crippen molar-refractivity contribution in [2.75, 3.05) is 38.1 Å². The molecule has 114 valence electrons. The topological polar surface area (TPSA) is 74.5 Å². The molecule has 0 radical (unpaired) electrons. The number of hydrogen-bond donors (Lipinski definition) is 2. The number of amides is 1. The van der Waals surface area contributed by atoms with Crippen LogP contribution in [0.5, 0.6) is 0 Å². The van der Waals surface area contributed by atoms with Crippen molar-refractivity contribution in [3.05, 3.63) is 22.3 Å². The van der Waals surface area contributed by atoms with Crippen molar-refractivity contribution < 1.29 is 4.79 Å². The number of carbonyl (C=O) groups is 1. The zero-order chi connectivity index (χ0) is 14.8. The van der Waals surface area contributed by atoms with E-state index in [9.17, 15) is 4.79 Å². The van der Waals surface area contributed by atoms with E-state index in [1.54, 1.807) is 12.3 Å². The normalized spacial score (nSPS) is 19.6. The molecular weight excluding hydrogens is 334 g/mol. The SMILES string of the molecule is NNc1ncc(Br)cc1C(=O)N1CCN(CC2CC2)CC1. The van der Waals surface area contributed by atoms with Gasteiger partial charge in [-0.3, -0.25) is 9.69 Å². The number of carbonyl (C=O) groups excluding carboxylic acids is 1. The number of halogens is 1. The Balaban J connectivity index is 1.64. The minimum absolute atomic E-state index is 0.0113. The summed E-state index contributed by atoms with van der Waals surface area (Å²) in [5.41, 5.74) is 3.01. The summed E-state index contributed by atoms with van der Waals surface area (Å²) in [6.45, 7) is 4.63. The van der Waals surface area contributed by atoms with E-state index in [1.165, 1.54) is 19.4 Å². The minimum atomic E-state index is -0.0113. The molecule has 1 aromatic rings. The minimum Gasteiger partial charge on any atom is -0.336 e. The van der Waals surface area contributed by atoms with Crippen LogP contribution in [0.3, 0.4) is 0 Å². The number of hydrazine groups is 1. The van der Waals surface area contributed by atoms with Crippen LogP contribution in [0.2, 0.25) is 0 Å². The van der Waals surface area contributed by atoms with Crippen molar-refractivity contribution in [2.45, 2.75) is 12.8 Å². The van der Waals surface area contributed by atoms with Gasteiger partial charge in [-0.25, -0.2) is 10.8 Å². The Bertz CT molecular complexity index is 526. The monoisotopic (exact) mass is 353 g/mol. The maximum atomic E-state index is 12.6. The molecule has 1 aliphatic heterocycles. The summed E-state index contributed by atoms with van der Waals surface area (Å²) in [6.07, 6.45) is 4.36. The van der Waals surface area contributed by atoms with Gasteiger partial charge in [0.05, 0.1) is 5.56 Å². The Labute approximate surface area is 132 Å². The molecule has 2 heterocycles. The lowest BCUT2D eigenvalue weighted by Gasteiger charge is -2.35. The summed E-state index contributed by atoms with van der Waals surface area (Å²) in [5.74, 6) is 6.75. The van der Waals surface area contributed by atoms with E-state index in [4.69, 9.17) is 5.84 Å². The molecule has 1 amide bonds. The number of pyridine rings is 1. The number of rotatable bonds is 4. The number of nitrogens with zero attached hydrogens (tertiary/aromatic N) is 3. The summed E-state index contributed by atoms with van der Waals surface area (Å²) in [6, 6.07) is 1.76. The predicted molar refractivity (Wildman–Crippen MR) is 84.8 cm³/mol. The van der Waals surface area contributed by atoms with E-state index >= 15 is 0 Å². The second-order valence-electron chi connectivity index (χ2n) is 5.73. The Morgan fingerprint density at radius 1 is 1.38 bits per heavy atom. The van der Waals surface area contributed by atoms with Crippen molar-refractivity contribution in [1.82, 2.24) is 14.8 Å². The first-order valence-electron chi connectivity index (χ1n) is 7.31. The van der Waals surface area contributed by atoms with Gasteiger partial charge in [-0.2, -0.15) is 0 Å². The maximum Gasteiger partial charge on any atom is 0.257 e. The second-order valence-corrected chi connectivity index (χ2v) is 6.65. The fourth-order valence-electron chi connectivity index (χ4n) is 2.69. The van der Waals surface area contributed by atoms with Crippen molar-refractivity contribution in [1.29, 1.82) is 0 Å². The number of anilines is 1. The molecule has 0 aromatic carbocycles. The number of nitrogen functional groups attached to an aromatic ring is 1. The van der Waals surface area contributed by atoms with E-state index in [0.717, 1.165) is 36.6 Å². The first-order chi connectivity index (χ1) is 10.2. The Kier molecular flexibility index (Phi) is 4.42. The van der Waals surface area contributed by atoms with Crippen molar-refractivity contribution >= 4 is 27.7 Å². The lowest BCUT2D eigenvalue weighted by atomic mass is 10.2. The fourth-order valence-corrected chi connectivity index (χ4v) is 3.02. The van der Waals surface area contributed by atoms with Crippen LogP contribution >= 0.6 is 15.9 Å². The van der Waals surface area contributed by atoms with Gasteiger partial charge in [-0.15, -0.1) is 0 Å². The predicted octanol–water partition coefficient (Wildman–Crippen LogP) is 1.30. The fraction of sp³-hybridized carbons (Fsp3) is 0.571. The first-order valence-corrected chi connectivity index (χ1v) is 8.10. The van der Waals surface area contributed by atoms with E-state index in [2.05, 4.69) is 31.2 Å². The first kappa shape index (κ1) is 14.7. The molecule has 0 spiro atoms. The Hall–Kier alpha value is -1.18. The summed E-state index contributed by atoms with van der Waals surface area (Å²) in [5, 5.41) is 0. The van der Waals surface area contributed by atoms with Gasteiger partial charge in [0.1, 0.15) is 0 Å². The van der Waals surface area contributed by atoms with Gasteiger partial charge in [-0.05, 0) is 40.8 Å². The molecule has 6 nitrogen and oxygen atoms in total. The third-order valence-corrected chi connectivity index (χ3v) is 4.53. The van der Waals surface area contributed by atoms with Crippen LogP contribution in [0, 0.1) is 5.92 Å². The van der Waals surface area contributed by atoms with Crippen LogP contribution in [-0.4, -0.2) is 53.4 Å². The third-order valence-electron chi connectivity index (χ3n) is 4.09. The highest BCUT2D eigenvalue weighted by Crippen LogP contribution is 2.30. The highest BCUT2D eigenvalue weighted by molar-refractivity contribution is 9.10. The summed E-state index contributed by atoms with van der Waals surface area (Å²) in [4.78, 5) is 21.1. The van der Waals surface area contributed by atoms with Gasteiger partial charge in [-0.1, -0.05) is 0 Å². The summed E-state index contributed by atoms with van der Waals surface area (Å²) >= 11 is 3.35. The van der Waals surface area contributed by atoms with Crippen LogP contribution in [0.4, 0.5) is 5.82 Å². The molecule has 0 bridgehead atoms. The van der Waals surface area contributed by atoms with Crippen LogP contribution in [0.25, 0.3) is 0 Å². The molecule has 1 aromatic heterocycles. The molecule has 21 heavy (non-hydrogen) atoms. The van der Waals surface area contributed by atoms with Crippen LogP contribution in [0.15, 0.2) is 16.7 Å². The van der Waals surface area contributed by atoms with Crippen molar-refractivity contribution in [3.63, 3.8) is 0 Å². The number of piperazine rings is 1. The Morgan fingerprint density at radius 2 is 2.10 bits per heavy atom. The van der Waals surface area contributed by atoms with Gasteiger partial charge >= 0.3 is 0 Å². The lowest BCUT2D eigenvalue weighted by molar-refractivity contribution is 0.0632. The number of nitrogens with one attached hydrogen (secondary N) is 1. The van der Waals surface area contributed by atoms with E-state index < -0.39 is 0 Å². The van der Waals surface area contributed by atoms with E-state index in [-0.39, 0.29) is 5.91 Å². The van der Waals surface area contributed by atoms with Crippen molar-refractivity contribution in [2.24, 2.45) is 11.8 Å². The van der Waals surface area contributed by atoms with Crippen molar-refractivity contribution in [3.8, 4) is 0 Å². The zero-order valence-electron chi connectivity index (χ0n) is 11.9. The molecule has 1 saturated carbocycles. The average molecular weight is 354 g/mol. The molecule has 2 fully saturated rings. The van der Waals surface area contributed by atoms with Gasteiger partial charge in [0.15, 0.2) is 5.82 Å². The Morgan fingerprint density at radius 3 is 2.71 bits per heavy atom. The van der Waals surface area contributed by atoms with E-state index in [0.29, 0.717) is 11.4 Å². The lowest BCUT2D eigenvalue weighted by Crippen LogP contribution is -2.49. The second kappa shape index (κ2) is 6.29. The smallest absolute Gasteiger partial charge is 0.257 e. The van der Waals surface area contributed by atoms with Gasteiger partial charge in [0.25, 0.3) is 5.91 Å². The zero-order valence-corrected chi connectivity index (χ0v) is 13.5. The maximum absolute atomic E-state index is 12.6. The average Bonchev–Trinajstić information content (AvgIpc) is 3.31. The molecular formula is C14H20BrN5O. The van der Waals surface area contributed by atoms with Crippen LogP contribution < -0.4 is 11.3 Å². The summed E-state index contributed by atoms with van der Waals surface area (Å²) in [7, 11) is 0. The molecule has 7 heteroatoms. The third kappa shape index (κ3) is 3.53. The van der Waals surface area contributed by atoms with Crippen LogP contribution in [0.1, 0.15) is 23.2 Å². The molecule has 0 unspecified atom stereocenters. The highest BCUT2D eigenvalue weighted by Gasteiger charge is 2.28. The standard InChI is InChI=1S/C14H20BrN5O/c15-11-7-12(13(18-16)17-8-11)14(21)20-5-3-19(4-6-20)9-10-1-2-10/h7-8,10H,1-6,9,16H2,(H,17,18). The quantitative estimate of drug-likeness (QED) is 0.630. The molecule has 1 saturated heterocycles. The molecule has 3 N–H and O–H groups in total. The number of hydrogen-bond acceptors (Lipinski definition) is 5. The molecule has 3 rings (SSSR count). The number of nitrogens with two attached hydrogens (primary N) is 1. The largest absolute Gasteiger partial charge is 0.336 e. The molecule has 0 atom stereocenters. The molecule has 1 aliphatic carbocycles. The molecule has 2 aliphatic rings. The summed E-state index contributed by atoms with van der Waals surface area (Å²) < 4.78 is 0.775.